The Morgan fingerprint density at radius 3 is 2.15 bits per heavy atom. The zero-order valence-corrected chi connectivity index (χ0v) is 12.3. The summed E-state index contributed by atoms with van der Waals surface area (Å²) in [4.78, 5) is 0. The van der Waals surface area contributed by atoms with Crippen LogP contribution in [0.15, 0.2) is 73.3 Å². The molecule has 1 heteroatoms. The van der Waals surface area contributed by atoms with Crippen molar-refractivity contribution in [1.82, 2.24) is 0 Å². The topological polar surface area (TPSA) is 0 Å². The van der Waals surface area contributed by atoms with Crippen LogP contribution in [0.3, 0.4) is 0 Å². The average molecular weight is 281 g/mol. The summed E-state index contributed by atoms with van der Waals surface area (Å²) in [5.74, 6) is 0. The Balaban J connectivity index is 0.000000160. The molecule has 0 heterocycles. The molecule has 0 aliphatic rings. The van der Waals surface area contributed by atoms with Crippen LogP contribution >= 0.6 is 11.6 Å². The van der Waals surface area contributed by atoms with Gasteiger partial charge in [0.05, 0.1) is 5.02 Å². The van der Waals surface area contributed by atoms with E-state index in [0.717, 1.165) is 16.0 Å². The molecule has 0 N–H and O–H groups in total. The number of hydrogen-bond acceptors (Lipinski definition) is 0. The Bertz CT molecular complexity index is 699. The van der Waals surface area contributed by atoms with E-state index in [1.54, 1.807) is 0 Å². The second kappa shape index (κ2) is 6.93. The maximum Gasteiger partial charge on any atom is 0.0513 e. The van der Waals surface area contributed by atoms with Crippen LogP contribution < -0.4 is 0 Å². The molecule has 0 bridgehead atoms. The van der Waals surface area contributed by atoms with Gasteiger partial charge < -0.3 is 0 Å². The minimum atomic E-state index is 0.869. The van der Waals surface area contributed by atoms with E-state index in [2.05, 4.69) is 18.7 Å². The maximum absolute atomic E-state index is 6.13. The number of halogens is 1. The van der Waals surface area contributed by atoms with E-state index < -0.39 is 0 Å². The van der Waals surface area contributed by atoms with Gasteiger partial charge in [0.25, 0.3) is 0 Å². The van der Waals surface area contributed by atoms with Gasteiger partial charge in [0.1, 0.15) is 0 Å². The molecule has 3 aromatic rings. The van der Waals surface area contributed by atoms with Crippen LogP contribution in [0.2, 0.25) is 5.02 Å². The van der Waals surface area contributed by atoms with Gasteiger partial charge >= 0.3 is 0 Å². The van der Waals surface area contributed by atoms with Gasteiger partial charge in [0.15, 0.2) is 0 Å². The third-order valence-corrected chi connectivity index (χ3v) is 3.59. The normalized spacial score (nSPS) is 9.70. The summed E-state index contributed by atoms with van der Waals surface area (Å²) in [5.41, 5.74) is 2.31. The first-order valence-corrected chi connectivity index (χ1v) is 6.91. The largest absolute Gasteiger partial charge is 0.0985 e. The highest BCUT2D eigenvalue weighted by atomic mass is 35.5. The molecule has 0 nitrogen and oxygen atoms in total. The molecule has 3 aromatic carbocycles. The highest BCUT2D eigenvalue weighted by Crippen LogP contribution is 2.26. The van der Waals surface area contributed by atoms with Crippen molar-refractivity contribution in [2.24, 2.45) is 0 Å². The molecule has 0 aliphatic heterocycles. The predicted molar refractivity (Wildman–Crippen MR) is 90.2 cm³/mol. The van der Waals surface area contributed by atoms with E-state index in [1.165, 1.54) is 10.9 Å². The third-order valence-electron chi connectivity index (χ3n) is 3.09. The first kappa shape index (κ1) is 14.4. The second-order valence-corrected chi connectivity index (χ2v) is 4.91. The van der Waals surface area contributed by atoms with Gasteiger partial charge in [-0.25, -0.2) is 0 Å². The van der Waals surface area contributed by atoms with Gasteiger partial charge in [-0.3, -0.25) is 0 Å². The summed E-state index contributed by atoms with van der Waals surface area (Å²) in [7, 11) is 0. The van der Waals surface area contributed by atoms with Gasteiger partial charge in [-0.05, 0) is 23.4 Å². The number of aryl methyl sites for hydroxylation is 1. The molecule has 0 fully saturated rings. The molecule has 0 spiro atoms. The van der Waals surface area contributed by atoms with Crippen molar-refractivity contribution in [3.8, 4) is 0 Å². The first-order valence-electron chi connectivity index (χ1n) is 6.53. The minimum Gasteiger partial charge on any atom is -0.0985 e. The quantitative estimate of drug-likeness (QED) is 0.503. The molecule has 0 aromatic heterocycles. The van der Waals surface area contributed by atoms with Crippen LogP contribution in [0.5, 0.6) is 0 Å². The lowest BCUT2D eigenvalue weighted by atomic mass is 10.1. The minimum absolute atomic E-state index is 0.869. The molecule has 20 heavy (non-hydrogen) atoms. The van der Waals surface area contributed by atoms with Crippen LogP contribution in [-0.2, 0) is 0 Å². The number of rotatable bonds is 1. The third kappa shape index (κ3) is 3.49. The number of fused-ring (bicyclic) bond motifs is 1. The van der Waals surface area contributed by atoms with Gasteiger partial charge in [0, 0.05) is 5.39 Å². The summed E-state index contributed by atoms with van der Waals surface area (Å²) < 4.78 is 0. The zero-order valence-electron chi connectivity index (χ0n) is 11.5. The summed E-state index contributed by atoms with van der Waals surface area (Å²) in [5, 5.41) is 3.21. The van der Waals surface area contributed by atoms with Crippen molar-refractivity contribution in [3.05, 3.63) is 89.5 Å². The molecular formula is C19H17Cl. The molecule has 0 atom stereocenters. The first-order chi connectivity index (χ1) is 9.72. The standard InChI is InChI=1S/C11H9Cl.C8H8/c1-8-6-7-9-4-2-3-5-10(9)11(8)12;1-2-8-6-4-3-5-7-8/h2-7H,1H3;2-7H,1H2. The lowest BCUT2D eigenvalue weighted by Crippen LogP contribution is -1.77. The molecule has 0 saturated carbocycles. The SMILES string of the molecule is C=Cc1ccccc1.Cc1ccc2ccccc2c1Cl. The van der Waals surface area contributed by atoms with Gasteiger partial charge in [-0.2, -0.15) is 0 Å². The highest BCUT2D eigenvalue weighted by Gasteiger charge is 1.99. The van der Waals surface area contributed by atoms with E-state index in [9.17, 15) is 0 Å². The monoisotopic (exact) mass is 280 g/mol. The van der Waals surface area contributed by atoms with Crippen molar-refractivity contribution in [3.63, 3.8) is 0 Å². The molecule has 0 radical (unpaired) electrons. The van der Waals surface area contributed by atoms with E-state index in [0.29, 0.717) is 0 Å². The van der Waals surface area contributed by atoms with E-state index in [4.69, 9.17) is 11.6 Å². The molecule has 0 aliphatic carbocycles. The average Bonchev–Trinajstić information content (AvgIpc) is 2.53. The fourth-order valence-electron chi connectivity index (χ4n) is 1.93. The Morgan fingerprint density at radius 2 is 1.50 bits per heavy atom. The second-order valence-electron chi connectivity index (χ2n) is 4.53. The molecular weight excluding hydrogens is 264 g/mol. The lowest BCUT2D eigenvalue weighted by Gasteiger charge is -2.02. The van der Waals surface area contributed by atoms with Crippen LogP contribution in [0.1, 0.15) is 11.1 Å². The lowest BCUT2D eigenvalue weighted by molar-refractivity contribution is 1.50. The zero-order chi connectivity index (χ0) is 14.4. The van der Waals surface area contributed by atoms with Crippen molar-refractivity contribution in [2.75, 3.05) is 0 Å². The van der Waals surface area contributed by atoms with Crippen molar-refractivity contribution in [1.29, 1.82) is 0 Å². The predicted octanol–water partition coefficient (Wildman–Crippen LogP) is 6.13. The summed E-state index contributed by atoms with van der Waals surface area (Å²) in [6, 6.07) is 22.3. The van der Waals surface area contributed by atoms with Crippen LogP contribution in [0.4, 0.5) is 0 Å². The van der Waals surface area contributed by atoms with E-state index in [-0.39, 0.29) is 0 Å². The van der Waals surface area contributed by atoms with Crippen molar-refractivity contribution < 1.29 is 0 Å². The molecule has 100 valence electrons. The maximum atomic E-state index is 6.13. The molecule has 0 saturated heterocycles. The van der Waals surface area contributed by atoms with Crippen LogP contribution in [0.25, 0.3) is 16.8 Å². The van der Waals surface area contributed by atoms with Gasteiger partial charge in [-0.15, -0.1) is 0 Å². The van der Waals surface area contributed by atoms with Gasteiger partial charge in [-0.1, -0.05) is 91.0 Å². The molecule has 3 rings (SSSR count). The molecule has 0 unspecified atom stereocenters. The fraction of sp³-hybridized carbons (Fsp3) is 0.0526. The Hall–Kier alpha value is -2.05. The fourth-order valence-corrected chi connectivity index (χ4v) is 2.17. The van der Waals surface area contributed by atoms with Crippen molar-refractivity contribution in [2.45, 2.75) is 6.92 Å². The smallest absolute Gasteiger partial charge is 0.0513 e. The Morgan fingerprint density at radius 1 is 0.850 bits per heavy atom. The summed E-state index contributed by atoms with van der Waals surface area (Å²) >= 11 is 6.13. The highest BCUT2D eigenvalue weighted by molar-refractivity contribution is 6.36. The van der Waals surface area contributed by atoms with E-state index in [1.807, 2.05) is 67.6 Å². The molecule has 0 amide bonds. The van der Waals surface area contributed by atoms with Gasteiger partial charge in [0.2, 0.25) is 0 Å². The Labute approximate surface area is 125 Å². The summed E-state index contributed by atoms with van der Waals surface area (Å²) in [6.07, 6.45) is 1.83. The van der Waals surface area contributed by atoms with E-state index >= 15 is 0 Å². The Kier molecular flexibility index (Phi) is 4.97. The van der Waals surface area contributed by atoms with Crippen LogP contribution in [0, 0.1) is 6.92 Å². The number of benzene rings is 3. The van der Waals surface area contributed by atoms with Crippen molar-refractivity contribution >= 4 is 28.4 Å². The van der Waals surface area contributed by atoms with Crippen LogP contribution in [-0.4, -0.2) is 0 Å². The summed E-state index contributed by atoms with van der Waals surface area (Å²) in [6.45, 7) is 5.65. The number of hydrogen-bond donors (Lipinski definition) is 0.